The summed E-state index contributed by atoms with van der Waals surface area (Å²) >= 11 is 0. The summed E-state index contributed by atoms with van der Waals surface area (Å²) in [5.74, 6) is 0.491. The van der Waals surface area contributed by atoms with Crippen LogP contribution in [0.3, 0.4) is 0 Å². The van der Waals surface area contributed by atoms with Gasteiger partial charge in [-0.25, -0.2) is 0 Å². The van der Waals surface area contributed by atoms with Crippen molar-refractivity contribution in [1.82, 2.24) is 9.80 Å². The van der Waals surface area contributed by atoms with Crippen molar-refractivity contribution in [3.8, 4) is 0 Å². The third kappa shape index (κ3) is 2.81. The molecule has 4 heterocycles. The van der Waals surface area contributed by atoms with Crippen molar-refractivity contribution in [2.24, 2.45) is 0 Å². The second-order valence-electron chi connectivity index (χ2n) is 7.33. The number of hydrogen-bond acceptors (Lipinski definition) is 4. The lowest BCUT2D eigenvalue weighted by molar-refractivity contribution is -0.0947. The Balaban J connectivity index is 1.44. The van der Waals surface area contributed by atoms with Crippen LogP contribution in [0, 0.1) is 6.92 Å². The topological polar surface area (TPSA) is 45.9 Å². The van der Waals surface area contributed by atoms with E-state index in [4.69, 9.17) is 9.15 Å². The number of carbonyl (C=O) groups is 1. The maximum Gasteiger partial charge on any atom is 0.289 e. The van der Waals surface area contributed by atoms with E-state index in [1.54, 1.807) is 6.26 Å². The number of amides is 1. The number of carbonyl (C=O) groups excluding carboxylic acids is 1. The second kappa shape index (κ2) is 5.95. The average molecular weight is 318 g/mol. The molecule has 0 radical (unpaired) electrons. The van der Waals surface area contributed by atoms with Gasteiger partial charge in [-0.15, -0.1) is 0 Å². The van der Waals surface area contributed by atoms with Crippen LogP contribution in [0.5, 0.6) is 0 Å². The van der Waals surface area contributed by atoms with Gasteiger partial charge in [0.1, 0.15) is 0 Å². The quantitative estimate of drug-likeness (QED) is 0.840. The van der Waals surface area contributed by atoms with Gasteiger partial charge in [0.05, 0.1) is 18.4 Å². The molecule has 3 aliphatic rings. The molecule has 1 amide bonds. The summed E-state index contributed by atoms with van der Waals surface area (Å²) < 4.78 is 11.6. The fourth-order valence-electron chi connectivity index (χ4n) is 4.46. The van der Waals surface area contributed by atoms with Crippen LogP contribution in [0.15, 0.2) is 16.7 Å². The van der Waals surface area contributed by atoms with E-state index in [1.807, 2.05) is 17.9 Å². The molecule has 4 rings (SSSR count). The molecule has 126 valence electrons. The van der Waals surface area contributed by atoms with Crippen LogP contribution in [0.2, 0.25) is 0 Å². The number of rotatable bonds is 2. The van der Waals surface area contributed by atoms with Crippen LogP contribution in [0.1, 0.15) is 48.2 Å². The highest BCUT2D eigenvalue weighted by molar-refractivity contribution is 5.93. The highest BCUT2D eigenvalue weighted by Gasteiger charge is 2.46. The first-order valence-electron chi connectivity index (χ1n) is 8.88. The van der Waals surface area contributed by atoms with Gasteiger partial charge in [0.2, 0.25) is 0 Å². The normalized spacial score (nSPS) is 32.0. The van der Waals surface area contributed by atoms with Gasteiger partial charge >= 0.3 is 0 Å². The molecule has 3 saturated heterocycles. The molecule has 5 heteroatoms. The number of aryl methyl sites for hydroxylation is 1. The van der Waals surface area contributed by atoms with E-state index in [2.05, 4.69) is 4.90 Å². The highest BCUT2D eigenvalue weighted by Crippen LogP contribution is 2.37. The summed E-state index contributed by atoms with van der Waals surface area (Å²) in [7, 11) is 0. The number of ether oxygens (including phenoxy) is 1. The fourth-order valence-corrected chi connectivity index (χ4v) is 4.46. The maximum atomic E-state index is 12.7. The van der Waals surface area contributed by atoms with Crippen LogP contribution < -0.4 is 0 Å². The summed E-state index contributed by atoms with van der Waals surface area (Å²) in [5.41, 5.74) is 0.775. The van der Waals surface area contributed by atoms with Gasteiger partial charge in [0.25, 0.3) is 5.91 Å². The second-order valence-corrected chi connectivity index (χ2v) is 7.33. The molecular weight excluding hydrogens is 292 g/mol. The van der Waals surface area contributed by atoms with Crippen molar-refractivity contribution in [3.05, 3.63) is 23.7 Å². The Morgan fingerprint density at radius 3 is 2.87 bits per heavy atom. The zero-order valence-electron chi connectivity index (χ0n) is 13.9. The molecule has 3 fully saturated rings. The number of likely N-dealkylation sites (tertiary alicyclic amines) is 2. The lowest BCUT2D eigenvalue weighted by Crippen LogP contribution is -2.49. The molecule has 3 aliphatic heterocycles. The predicted molar refractivity (Wildman–Crippen MR) is 86.5 cm³/mol. The number of nitrogens with zero attached hydrogens (tertiary/aromatic N) is 2. The molecular formula is C18H26N2O3. The first-order valence-corrected chi connectivity index (χ1v) is 8.88. The summed E-state index contributed by atoms with van der Waals surface area (Å²) in [5, 5.41) is 0. The number of hydrogen-bond donors (Lipinski definition) is 0. The Morgan fingerprint density at radius 2 is 2.13 bits per heavy atom. The first kappa shape index (κ1) is 15.2. The summed E-state index contributed by atoms with van der Waals surface area (Å²) in [6, 6.07) is 2.48. The summed E-state index contributed by atoms with van der Waals surface area (Å²) in [6.07, 6.45) is 7.39. The predicted octanol–water partition coefficient (Wildman–Crippen LogP) is 2.45. The Morgan fingerprint density at radius 1 is 1.30 bits per heavy atom. The van der Waals surface area contributed by atoms with Gasteiger partial charge in [0, 0.05) is 24.8 Å². The molecule has 5 nitrogen and oxygen atoms in total. The van der Waals surface area contributed by atoms with E-state index in [0.717, 1.165) is 38.0 Å². The van der Waals surface area contributed by atoms with Gasteiger partial charge in [-0.05, 0) is 58.2 Å². The fraction of sp³-hybridized carbons (Fsp3) is 0.722. The molecule has 1 aromatic heterocycles. The largest absolute Gasteiger partial charge is 0.459 e. The summed E-state index contributed by atoms with van der Waals surface area (Å²) in [6.45, 7) is 6.68. The third-order valence-electron chi connectivity index (χ3n) is 5.78. The smallest absolute Gasteiger partial charge is 0.289 e. The van der Waals surface area contributed by atoms with Crippen molar-refractivity contribution >= 4 is 5.91 Å². The molecule has 1 spiro atoms. The third-order valence-corrected chi connectivity index (χ3v) is 5.78. The van der Waals surface area contributed by atoms with Crippen LogP contribution in [0.25, 0.3) is 0 Å². The molecule has 2 atom stereocenters. The molecule has 0 unspecified atom stereocenters. The van der Waals surface area contributed by atoms with E-state index < -0.39 is 0 Å². The van der Waals surface area contributed by atoms with Crippen molar-refractivity contribution in [3.63, 3.8) is 0 Å². The maximum absolute atomic E-state index is 12.7. The minimum atomic E-state index is -0.137. The average Bonchev–Trinajstić information content (AvgIpc) is 3.28. The van der Waals surface area contributed by atoms with Gasteiger partial charge in [0.15, 0.2) is 5.76 Å². The molecule has 23 heavy (non-hydrogen) atoms. The van der Waals surface area contributed by atoms with Crippen LogP contribution in [-0.4, -0.2) is 60.1 Å². The van der Waals surface area contributed by atoms with Gasteiger partial charge in [-0.3, -0.25) is 4.79 Å². The van der Waals surface area contributed by atoms with E-state index >= 15 is 0 Å². The van der Waals surface area contributed by atoms with Crippen LogP contribution in [-0.2, 0) is 4.74 Å². The van der Waals surface area contributed by atoms with Crippen molar-refractivity contribution in [2.75, 3.05) is 32.8 Å². The molecule has 0 aromatic carbocycles. The minimum Gasteiger partial charge on any atom is -0.459 e. The van der Waals surface area contributed by atoms with E-state index in [0.29, 0.717) is 18.3 Å². The van der Waals surface area contributed by atoms with Crippen LogP contribution in [0.4, 0.5) is 0 Å². The SMILES string of the molecule is Cc1ccoc1C(=O)N1CC[C@]2(C[C@H](N3CCCC3)CCO2)C1. The monoisotopic (exact) mass is 318 g/mol. The Labute approximate surface area is 137 Å². The molecule has 0 aliphatic carbocycles. The van der Waals surface area contributed by atoms with Gasteiger partial charge in [-0.1, -0.05) is 0 Å². The zero-order valence-corrected chi connectivity index (χ0v) is 13.9. The van der Waals surface area contributed by atoms with Crippen molar-refractivity contribution in [1.29, 1.82) is 0 Å². The summed E-state index contributed by atoms with van der Waals surface area (Å²) in [4.78, 5) is 17.2. The van der Waals surface area contributed by atoms with E-state index in [1.165, 1.54) is 25.9 Å². The van der Waals surface area contributed by atoms with Crippen LogP contribution >= 0.6 is 0 Å². The standard InChI is InChI=1S/C18H26N2O3/c1-14-4-10-22-16(14)17(21)20-9-6-18(13-20)12-15(5-11-23-18)19-7-2-3-8-19/h4,10,15H,2-3,5-9,11-13H2,1H3/t15-,18+/m1/s1. The molecule has 0 saturated carbocycles. The highest BCUT2D eigenvalue weighted by atomic mass is 16.5. The lowest BCUT2D eigenvalue weighted by Gasteiger charge is -2.41. The zero-order chi connectivity index (χ0) is 15.9. The van der Waals surface area contributed by atoms with E-state index in [9.17, 15) is 4.79 Å². The first-order chi connectivity index (χ1) is 11.2. The van der Waals surface area contributed by atoms with Gasteiger partial charge in [-0.2, -0.15) is 0 Å². The van der Waals surface area contributed by atoms with Crippen molar-refractivity contribution in [2.45, 2.75) is 50.7 Å². The Bertz CT molecular complexity index is 579. The van der Waals surface area contributed by atoms with Crippen molar-refractivity contribution < 1.29 is 13.9 Å². The Hall–Kier alpha value is -1.33. The van der Waals surface area contributed by atoms with E-state index in [-0.39, 0.29) is 11.5 Å². The molecule has 0 bridgehead atoms. The number of furan rings is 1. The molecule has 0 N–H and O–H groups in total. The Kier molecular flexibility index (Phi) is 3.93. The van der Waals surface area contributed by atoms with Gasteiger partial charge < -0.3 is 19.0 Å². The molecule has 1 aromatic rings. The lowest BCUT2D eigenvalue weighted by atomic mass is 9.89. The minimum absolute atomic E-state index is 0.0104.